The topological polar surface area (TPSA) is 82.2 Å². The van der Waals surface area contributed by atoms with Crippen LogP contribution < -0.4 is 0 Å². The summed E-state index contributed by atoms with van der Waals surface area (Å²) < 4.78 is 0. The van der Waals surface area contributed by atoms with Gasteiger partial charge in [0.05, 0.1) is 11.1 Å². The quantitative estimate of drug-likeness (QED) is 0.520. The summed E-state index contributed by atoms with van der Waals surface area (Å²) in [6, 6.07) is 2.56. The molecule has 108 valence electrons. The van der Waals surface area contributed by atoms with Crippen molar-refractivity contribution in [1.82, 2.24) is 9.91 Å². The van der Waals surface area contributed by atoms with Crippen LogP contribution in [0, 0.1) is 10.1 Å². The molecule has 1 aliphatic heterocycles. The predicted molar refractivity (Wildman–Crippen MR) is 76.4 cm³/mol. The molecular weight excluding hydrogens is 284 g/mol. The third-order valence-electron chi connectivity index (χ3n) is 3.12. The number of piperazine rings is 1. The van der Waals surface area contributed by atoms with Crippen LogP contribution in [0.3, 0.4) is 0 Å². The largest absolute Gasteiger partial charge is 0.502 e. The predicted octanol–water partition coefficient (Wildman–Crippen LogP) is 1.54. The van der Waals surface area contributed by atoms with Crippen LogP contribution in [0.1, 0.15) is 5.56 Å². The maximum Gasteiger partial charge on any atom is 0.312 e. The molecule has 0 unspecified atom stereocenters. The Labute approximate surface area is 121 Å². The standard InChI is InChI=1S/C12H15ClN4O3/c1-15-2-4-16(5-3-15)14-8-9-6-10(13)7-11(12(9)18)17(19)20/h6-8,18H,2-5H2,1H3/b14-8-. The van der Waals surface area contributed by atoms with Crippen molar-refractivity contribution in [3.05, 3.63) is 32.8 Å². The van der Waals surface area contributed by atoms with Gasteiger partial charge in [0, 0.05) is 42.8 Å². The van der Waals surface area contributed by atoms with Crippen molar-refractivity contribution in [3.63, 3.8) is 0 Å². The molecule has 1 aliphatic rings. The van der Waals surface area contributed by atoms with Crippen LogP contribution in [-0.4, -0.2) is 59.4 Å². The lowest BCUT2D eigenvalue weighted by Gasteiger charge is -2.30. The Kier molecular flexibility index (Phi) is 4.41. The van der Waals surface area contributed by atoms with E-state index in [-0.39, 0.29) is 10.6 Å². The number of hydrazone groups is 1. The minimum Gasteiger partial charge on any atom is -0.502 e. The normalized spacial score (nSPS) is 16.8. The lowest BCUT2D eigenvalue weighted by Crippen LogP contribution is -2.41. The van der Waals surface area contributed by atoms with E-state index in [1.54, 1.807) is 0 Å². The second kappa shape index (κ2) is 6.06. The molecule has 0 aliphatic carbocycles. The molecule has 8 heteroatoms. The summed E-state index contributed by atoms with van der Waals surface area (Å²) in [6.45, 7) is 3.35. The molecule has 0 bridgehead atoms. The second-order valence-electron chi connectivity index (χ2n) is 4.62. The van der Waals surface area contributed by atoms with Crippen LogP contribution in [-0.2, 0) is 0 Å². The zero-order valence-electron chi connectivity index (χ0n) is 11.0. The van der Waals surface area contributed by atoms with E-state index in [2.05, 4.69) is 10.0 Å². The minimum atomic E-state index is -0.672. The van der Waals surface area contributed by atoms with Gasteiger partial charge in [-0.1, -0.05) is 11.6 Å². The Morgan fingerprint density at radius 2 is 2.05 bits per heavy atom. The highest BCUT2D eigenvalue weighted by atomic mass is 35.5. The van der Waals surface area contributed by atoms with Crippen molar-refractivity contribution in [1.29, 1.82) is 0 Å². The lowest BCUT2D eigenvalue weighted by molar-refractivity contribution is -0.385. The highest BCUT2D eigenvalue weighted by Gasteiger charge is 2.18. The zero-order valence-corrected chi connectivity index (χ0v) is 11.7. The number of rotatable bonds is 3. The molecule has 0 atom stereocenters. The highest BCUT2D eigenvalue weighted by molar-refractivity contribution is 6.31. The second-order valence-corrected chi connectivity index (χ2v) is 5.06. The molecular formula is C12H15ClN4O3. The van der Waals surface area contributed by atoms with Gasteiger partial charge >= 0.3 is 5.69 Å². The van der Waals surface area contributed by atoms with Crippen molar-refractivity contribution < 1.29 is 10.0 Å². The first-order valence-corrected chi connectivity index (χ1v) is 6.49. The fourth-order valence-electron chi connectivity index (χ4n) is 1.90. The average Bonchev–Trinajstić information content (AvgIpc) is 2.41. The van der Waals surface area contributed by atoms with Gasteiger partial charge in [0.2, 0.25) is 5.75 Å². The van der Waals surface area contributed by atoms with Gasteiger partial charge in [-0.3, -0.25) is 15.1 Å². The Balaban J connectivity index is 2.18. The number of nitrogens with zero attached hydrogens (tertiary/aromatic N) is 4. The van der Waals surface area contributed by atoms with E-state index in [1.807, 2.05) is 12.1 Å². The maximum atomic E-state index is 10.8. The van der Waals surface area contributed by atoms with Crippen LogP contribution in [0.5, 0.6) is 5.75 Å². The number of nitro groups is 1. The molecule has 1 heterocycles. The number of hydrogen-bond acceptors (Lipinski definition) is 6. The van der Waals surface area contributed by atoms with Gasteiger partial charge in [0.25, 0.3) is 0 Å². The summed E-state index contributed by atoms with van der Waals surface area (Å²) in [4.78, 5) is 12.3. The molecule has 0 radical (unpaired) electrons. The summed E-state index contributed by atoms with van der Waals surface area (Å²) in [5, 5.41) is 26.9. The van der Waals surface area contributed by atoms with E-state index in [4.69, 9.17) is 11.6 Å². The molecule has 1 fully saturated rings. The Morgan fingerprint density at radius 1 is 1.40 bits per heavy atom. The summed E-state index contributed by atoms with van der Waals surface area (Å²) in [7, 11) is 2.03. The van der Waals surface area contributed by atoms with Gasteiger partial charge in [-0.25, -0.2) is 0 Å². The van der Waals surface area contributed by atoms with E-state index < -0.39 is 16.4 Å². The van der Waals surface area contributed by atoms with E-state index >= 15 is 0 Å². The van der Waals surface area contributed by atoms with Gasteiger partial charge in [0.15, 0.2) is 0 Å². The van der Waals surface area contributed by atoms with Crippen LogP contribution in [0.25, 0.3) is 0 Å². The number of hydrogen-bond donors (Lipinski definition) is 1. The van der Waals surface area contributed by atoms with Crippen molar-refractivity contribution in [2.75, 3.05) is 33.2 Å². The SMILES string of the molecule is CN1CCN(/N=C\c2cc(Cl)cc([N+](=O)[O-])c2O)CC1. The number of benzene rings is 1. The minimum absolute atomic E-state index is 0.189. The van der Waals surface area contributed by atoms with Crippen LogP contribution in [0.2, 0.25) is 5.02 Å². The van der Waals surface area contributed by atoms with Gasteiger partial charge in [-0.2, -0.15) is 5.10 Å². The van der Waals surface area contributed by atoms with Crippen molar-refractivity contribution >= 4 is 23.5 Å². The van der Waals surface area contributed by atoms with Crippen LogP contribution in [0.15, 0.2) is 17.2 Å². The molecule has 1 N–H and O–H groups in total. The summed E-state index contributed by atoms with van der Waals surface area (Å²) >= 11 is 5.81. The summed E-state index contributed by atoms with van der Waals surface area (Å²) in [6.07, 6.45) is 1.40. The number of phenolic OH excluding ortho intramolecular Hbond substituents is 1. The van der Waals surface area contributed by atoms with Crippen LogP contribution in [0.4, 0.5) is 5.69 Å². The summed E-state index contributed by atoms with van der Waals surface area (Å²) in [5.74, 6) is -0.419. The smallest absolute Gasteiger partial charge is 0.312 e. The number of phenols is 1. The van der Waals surface area contributed by atoms with Crippen LogP contribution >= 0.6 is 11.6 Å². The molecule has 2 rings (SSSR count). The van der Waals surface area contributed by atoms with Gasteiger partial charge in [-0.15, -0.1) is 0 Å². The fraction of sp³-hybridized carbons (Fsp3) is 0.417. The van der Waals surface area contributed by atoms with Gasteiger partial charge in [0.1, 0.15) is 0 Å². The van der Waals surface area contributed by atoms with E-state index in [0.717, 1.165) is 32.2 Å². The average molecular weight is 299 g/mol. The third-order valence-corrected chi connectivity index (χ3v) is 3.34. The Morgan fingerprint density at radius 3 is 2.65 bits per heavy atom. The van der Waals surface area contributed by atoms with Gasteiger partial charge in [-0.05, 0) is 13.1 Å². The first kappa shape index (κ1) is 14.5. The van der Waals surface area contributed by atoms with Gasteiger partial charge < -0.3 is 10.0 Å². The number of nitro benzene ring substituents is 1. The first-order valence-electron chi connectivity index (χ1n) is 6.12. The number of likely N-dealkylation sites (N-methyl/N-ethyl adjacent to an activating group) is 1. The summed E-state index contributed by atoms with van der Waals surface area (Å²) in [5.41, 5.74) is -0.180. The van der Waals surface area contributed by atoms with Crippen molar-refractivity contribution in [2.24, 2.45) is 5.10 Å². The Bertz CT molecular complexity index is 542. The number of halogens is 1. The Hall–Kier alpha value is -1.86. The molecule has 7 nitrogen and oxygen atoms in total. The molecule has 1 aromatic rings. The fourth-order valence-corrected chi connectivity index (χ4v) is 2.12. The van der Waals surface area contributed by atoms with E-state index in [9.17, 15) is 15.2 Å². The molecule has 0 amide bonds. The van der Waals surface area contributed by atoms with E-state index in [0.29, 0.717) is 0 Å². The molecule has 0 saturated carbocycles. The molecule has 1 aromatic carbocycles. The number of aromatic hydroxyl groups is 1. The van der Waals surface area contributed by atoms with E-state index in [1.165, 1.54) is 12.3 Å². The molecule has 20 heavy (non-hydrogen) atoms. The third kappa shape index (κ3) is 3.37. The van der Waals surface area contributed by atoms with Crippen molar-refractivity contribution in [2.45, 2.75) is 0 Å². The zero-order chi connectivity index (χ0) is 14.7. The lowest BCUT2D eigenvalue weighted by atomic mass is 10.2. The molecule has 0 aromatic heterocycles. The molecule has 0 spiro atoms. The molecule has 1 saturated heterocycles. The first-order chi connectivity index (χ1) is 9.47. The van der Waals surface area contributed by atoms with Crippen molar-refractivity contribution in [3.8, 4) is 5.75 Å². The maximum absolute atomic E-state index is 10.8. The highest BCUT2D eigenvalue weighted by Crippen LogP contribution is 2.32. The monoisotopic (exact) mass is 298 g/mol.